The summed E-state index contributed by atoms with van der Waals surface area (Å²) in [6, 6.07) is 0. The number of hydrogen-bond donors (Lipinski definition) is 0. The van der Waals surface area contributed by atoms with Gasteiger partial charge in [0.25, 0.3) is 0 Å². The molecule has 2 heterocycles. The predicted molar refractivity (Wildman–Crippen MR) is 52.4 cm³/mol. The summed E-state index contributed by atoms with van der Waals surface area (Å²) < 4.78 is 31.0. The number of nitrogens with zero attached hydrogens (tertiary/aromatic N) is 2. The van der Waals surface area contributed by atoms with Gasteiger partial charge in [-0.1, -0.05) is 23.4 Å². The highest BCUT2D eigenvalue weighted by Gasteiger charge is 2.41. The SMILES string of the molecule is CSc1nc(Cl)c2c(n1)C(F)(F)OCC2. The van der Waals surface area contributed by atoms with Gasteiger partial charge in [-0.15, -0.1) is 0 Å². The lowest BCUT2D eigenvalue weighted by Crippen LogP contribution is -2.29. The predicted octanol–water partition coefficient (Wildman–Crippen LogP) is 2.47. The number of alkyl halides is 2. The maximum atomic E-state index is 13.3. The van der Waals surface area contributed by atoms with Gasteiger partial charge in [-0.3, -0.25) is 0 Å². The van der Waals surface area contributed by atoms with Gasteiger partial charge in [0, 0.05) is 12.0 Å². The number of aromatic nitrogens is 2. The fourth-order valence-electron chi connectivity index (χ4n) is 1.34. The summed E-state index contributed by atoms with van der Waals surface area (Å²) in [5, 5.41) is 0.316. The first-order valence-corrected chi connectivity index (χ1v) is 5.77. The van der Waals surface area contributed by atoms with Gasteiger partial charge in [-0.2, -0.15) is 8.78 Å². The van der Waals surface area contributed by atoms with Crippen molar-refractivity contribution in [1.82, 2.24) is 9.97 Å². The van der Waals surface area contributed by atoms with E-state index >= 15 is 0 Å². The van der Waals surface area contributed by atoms with Gasteiger partial charge in [0.05, 0.1) is 6.61 Å². The molecule has 82 valence electrons. The maximum Gasteiger partial charge on any atom is 0.400 e. The number of fused-ring (bicyclic) bond motifs is 1. The first kappa shape index (κ1) is 11.0. The van der Waals surface area contributed by atoms with Crippen molar-refractivity contribution in [3.8, 4) is 0 Å². The van der Waals surface area contributed by atoms with Crippen molar-refractivity contribution in [2.24, 2.45) is 0 Å². The summed E-state index contributed by atoms with van der Waals surface area (Å²) in [6.45, 7) is -0.0678. The van der Waals surface area contributed by atoms with Crippen molar-refractivity contribution in [2.45, 2.75) is 17.7 Å². The van der Waals surface area contributed by atoms with Crippen molar-refractivity contribution in [1.29, 1.82) is 0 Å². The molecular weight excluding hydrogens is 246 g/mol. The first-order valence-electron chi connectivity index (χ1n) is 4.17. The normalized spacial score (nSPS) is 18.7. The minimum Gasteiger partial charge on any atom is -0.315 e. The molecule has 0 aromatic carbocycles. The fraction of sp³-hybridized carbons (Fsp3) is 0.500. The van der Waals surface area contributed by atoms with E-state index in [1.165, 1.54) is 0 Å². The van der Waals surface area contributed by atoms with Crippen molar-refractivity contribution < 1.29 is 13.5 Å². The van der Waals surface area contributed by atoms with Gasteiger partial charge in [0.1, 0.15) is 10.8 Å². The molecule has 0 saturated heterocycles. The third kappa shape index (κ3) is 1.93. The Balaban J connectivity index is 2.59. The van der Waals surface area contributed by atoms with Crippen LogP contribution in [0.4, 0.5) is 8.78 Å². The quantitative estimate of drug-likeness (QED) is 0.437. The monoisotopic (exact) mass is 252 g/mol. The summed E-state index contributed by atoms with van der Waals surface area (Å²) >= 11 is 6.96. The van der Waals surface area contributed by atoms with Crippen LogP contribution in [0.5, 0.6) is 0 Å². The Labute approximate surface area is 94.2 Å². The third-order valence-electron chi connectivity index (χ3n) is 2.03. The second kappa shape index (κ2) is 3.84. The highest BCUT2D eigenvalue weighted by atomic mass is 35.5. The molecule has 1 aromatic rings. The van der Waals surface area contributed by atoms with Crippen LogP contribution in [0.3, 0.4) is 0 Å². The van der Waals surface area contributed by atoms with E-state index in [4.69, 9.17) is 11.6 Å². The minimum absolute atomic E-state index is 0.0678. The summed E-state index contributed by atoms with van der Waals surface area (Å²) in [5.41, 5.74) is -0.121. The lowest BCUT2D eigenvalue weighted by atomic mass is 10.1. The zero-order valence-electron chi connectivity index (χ0n) is 7.76. The Morgan fingerprint density at radius 1 is 1.47 bits per heavy atom. The lowest BCUT2D eigenvalue weighted by Gasteiger charge is -2.24. The number of rotatable bonds is 1. The molecule has 15 heavy (non-hydrogen) atoms. The molecule has 3 nitrogen and oxygen atoms in total. The topological polar surface area (TPSA) is 35.0 Å². The van der Waals surface area contributed by atoms with Crippen molar-refractivity contribution in [3.63, 3.8) is 0 Å². The van der Waals surface area contributed by atoms with Crippen molar-refractivity contribution >= 4 is 23.4 Å². The lowest BCUT2D eigenvalue weighted by molar-refractivity contribution is -0.258. The Hall–Kier alpha value is -0.460. The molecule has 0 bridgehead atoms. The molecule has 0 amide bonds. The van der Waals surface area contributed by atoms with E-state index in [1.807, 2.05) is 0 Å². The van der Waals surface area contributed by atoms with Gasteiger partial charge in [-0.25, -0.2) is 9.97 Å². The summed E-state index contributed by atoms with van der Waals surface area (Å²) in [4.78, 5) is 7.64. The number of ether oxygens (including phenoxy) is 1. The zero-order chi connectivity index (χ0) is 11.1. The van der Waals surface area contributed by atoms with Gasteiger partial charge in [-0.05, 0) is 6.26 Å². The molecule has 1 aromatic heterocycles. The van der Waals surface area contributed by atoms with E-state index in [9.17, 15) is 8.78 Å². The zero-order valence-corrected chi connectivity index (χ0v) is 9.33. The average molecular weight is 253 g/mol. The molecule has 1 aliphatic heterocycles. The molecule has 0 spiro atoms. The Bertz CT molecular complexity index is 402. The second-order valence-electron chi connectivity index (χ2n) is 2.94. The molecular formula is C8H7ClF2N2OS. The van der Waals surface area contributed by atoms with E-state index in [2.05, 4.69) is 14.7 Å². The molecule has 0 fully saturated rings. The van der Waals surface area contributed by atoms with E-state index in [1.54, 1.807) is 6.26 Å². The second-order valence-corrected chi connectivity index (χ2v) is 4.07. The van der Waals surface area contributed by atoms with E-state index in [0.717, 1.165) is 11.8 Å². The van der Waals surface area contributed by atoms with Gasteiger partial charge < -0.3 is 4.74 Å². The highest BCUT2D eigenvalue weighted by molar-refractivity contribution is 7.98. The van der Waals surface area contributed by atoms with Crippen LogP contribution in [0.25, 0.3) is 0 Å². The molecule has 0 saturated carbocycles. The average Bonchev–Trinajstić information content (AvgIpc) is 2.18. The molecule has 1 aliphatic rings. The molecule has 0 radical (unpaired) electrons. The smallest absolute Gasteiger partial charge is 0.315 e. The van der Waals surface area contributed by atoms with E-state index in [0.29, 0.717) is 6.42 Å². The number of halogens is 3. The molecule has 7 heteroatoms. The van der Waals surface area contributed by atoms with Crippen LogP contribution in [0.1, 0.15) is 11.3 Å². The van der Waals surface area contributed by atoms with Crippen LogP contribution in [0.15, 0.2) is 5.16 Å². The van der Waals surface area contributed by atoms with Crippen LogP contribution < -0.4 is 0 Å². The summed E-state index contributed by atoms with van der Waals surface area (Å²) in [5.74, 6) is 0. The van der Waals surface area contributed by atoms with E-state index in [-0.39, 0.29) is 22.5 Å². The van der Waals surface area contributed by atoms with E-state index < -0.39 is 11.8 Å². The van der Waals surface area contributed by atoms with Crippen LogP contribution in [0, 0.1) is 0 Å². The van der Waals surface area contributed by atoms with Crippen LogP contribution in [0.2, 0.25) is 5.15 Å². The van der Waals surface area contributed by atoms with Crippen LogP contribution in [-0.4, -0.2) is 22.8 Å². The van der Waals surface area contributed by atoms with Crippen LogP contribution >= 0.6 is 23.4 Å². The summed E-state index contributed by atoms with van der Waals surface area (Å²) in [6.07, 6.45) is -1.34. The van der Waals surface area contributed by atoms with Crippen molar-refractivity contribution in [2.75, 3.05) is 12.9 Å². The molecule has 0 N–H and O–H groups in total. The standard InChI is InChI=1S/C8H7ClF2N2OS/c1-15-7-12-5-4(6(9)13-7)2-3-14-8(5,10)11/h2-3H2,1H3. The maximum absolute atomic E-state index is 13.3. The Morgan fingerprint density at radius 3 is 2.87 bits per heavy atom. The Kier molecular flexibility index (Phi) is 2.83. The molecule has 0 unspecified atom stereocenters. The largest absolute Gasteiger partial charge is 0.400 e. The van der Waals surface area contributed by atoms with Crippen LogP contribution in [-0.2, 0) is 17.3 Å². The third-order valence-corrected chi connectivity index (χ3v) is 2.89. The fourth-order valence-corrected chi connectivity index (χ4v) is 2.02. The van der Waals surface area contributed by atoms with Gasteiger partial charge in [0.2, 0.25) is 0 Å². The molecule has 2 rings (SSSR count). The highest BCUT2D eigenvalue weighted by Crippen LogP contribution is 2.37. The first-order chi connectivity index (χ1) is 7.04. The summed E-state index contributed by atoms with van der Waals surface area (Å²) in [7, 11) is 0. The minimum atomic E-state index is -3.36. The Morgan fingerprint density at radius 2 is 2.20 bits per heavy atom. The van der Waals surface area contributed by atoms with Gasteiger partial charge in [0.15, 0.2) is 5.16 Å². The molecule has 0 atom stereocenters. The van der Waals surface area contributed by atoms with Crippen molar-refractivity contribution in [3.05, 3.63) is 16.4 Å². The number of thioether (sulfide) groups is 1. The molecule has 0 aliphatic carbocycles. The van der Waals surface area contributed by atoms with Gasteiger partial charge >= 0.3 is 6.11 Å². The number of hydrogen-bond acceptors (Lipinski definition) is 4.